The van der Waals surface area contributed by atoms with Crippen LogP contribution in [0.25, 0.3) is 0 Å². The Morgan fingerprint density at radius 2 is 1.85 bits per heavy atom. The molecule has 0 aliphatic carbocycles. The van der Waals surface area contributed by atoms with Crippen LogP contribution in [0.5, 0.6) is 0 Å². The monoisotopic (exact) mass is 348 g/mol. The van der Waals surface area contributed by atoms with Gasteiger partial charge in [-0.25, -0.2) is 8.78 Å². The second kappa shape index (κ2) is 7.33. The van der Waals surface area contributed by atoms with Crippen LogP contribution in [0.15, 0.2) is 16.6 Å². The predicted octanol–water partition coefficient (Wildman–Crippen LogP) is 2.33. The molecule has 2 amide bonds. The molecule has 0 saturated heterocycles. The molecular formula is C13H15BrF2N2O2. The molecule has 0 fully saturated rings. The maximum absolute atomic E-state index is 13.8. The zero-order valence-corrected chi connectivity index (χ0v) is 12.8. The highest BCUT2D eigenvalue weighted by atomic mass is 79.9. The Hall–Kier alpha value is -1.50. The molecule has 0 spiro atoms. The van der Waals surface area contributed by atoms with Crippen molar-refractivity contribution in [3.8, 4) is 0 Å². The van der Waals surface area contributed by atoms with E-state index in [0.717, 1.165) is 17.0 Å². The van der Waals surface area contributed by atoms with Gasteiger partial charge in [0.25, 0.3) is 5.91 Å². The number of amides is 2. The van der Waals surface area contributed by atoms with E-state index in [0.29, 0.717) is 6.42 Å². The van der Waals surface area contributed by atoms with Crippen molar-refractivity contribution in [1.82, 2.24) is 10.2 Å². The van der Waals surface area contributed by atoms with Crippen molar-refractivity contribution >= 4 is 27.7 Å². The Morgan fingerprint density at radius 3 is 2.30 bits per heavy atom. The fraction of sp³-hybridized carbons (Fsp3) is 0.385. The molecule has 20 heavy (non-hydrogen) atoms. The fourth-order valence-corrected chi connectivity index (χ4v) is 2.08. The van der Waals surface area contributed by atoms with Crippen LogP contribution in [-0.2, 0) is 4.79 Å². The van der Waals surface area contributed by atoms with Crippen LogP contribution < -0.4 is 5.32 Å². The molecule has 0 aromatic heterocycles. The van der Waals surface area contributed by atoms with Gasteiger partial charge in [0.2, 0.25) is 5.91 Å². The summed E-state index contributed by atoms with van der Waals surface area (Å²) in [7, 11) is 1.43. The van der Waals surface area contributed by atoms with Gasteiger partial charge in [0.05, 0.1) is 6.54 Å². The minimum Gasteiger partial charge on any atom is -0.358 e. The van der Waals surface area contributed by atoms with Gasteiger partial charge in [0, 0.05) is 18.1 Å². The molecule has 0 heterocycles. The fourth-order valence-electron chi connectivity index (χ4n) is 1.68. The molecule has 0 saturated carbocycles. The maximum Gasteiger partial charge on any atom is 0.260 e. The average Bonchev–Trinajstić information content (AvgIpc) is 2.36. The van der Waals surface area contributed by atoms with E-state index in [9.17, 15) is 18.4 Å². The number of nitrogens with zero attached hydrogens (tertiary/aromatic N) is 1. The molecule has 0 aliphatic rings. The van der Waals surface area contributed by atoms with Gasteiger partial charge in [-0.1, -0.05) is 22.9 Å². The van der Waals surface area contributed by atoms with E-state index in [1.165, 1.54) is 7.05 Å². The van der Waals surface area contributed by atoms with E-state index in [1.54, 1.807) is 6.92 Å². The molecule has 7 heteroatoms. The number of hydrogen-bond donors (Lipinski definition) is 1. The quantitative estimate of drug-likeness (QED) is 0.887. The van der Waals surface area contributed by atoms with Crippen molar-refractivity contribution in [3.63, 3.8) is 0 Å². The molecule has 0 radical (unpaired) electrons. The van der Waals surface area contributed by atoms with Gasteiger partial charge in [-0.15, -0.1) is 0 Å². The SMILES string of the molecule is CCCN(CC(=O)NC)C(=O)c1c(F)cc(Br)cc1F. The van der Waals surface area contributed by atoms with Crippen LogP contribution in [-0.4, -0.2) is 36.9 Å². The van der Waals surface area contributed by atoms with E-state index in [1.807, 2.05) is 0 Å². The Bertz CT molecular complexity index is 500. The second-order valence-corrected chi connectivity index (χ2v) is 5.06. The van der Waals surface area contributed by atoms with Gasteiger partial charge in [0.1, 0.15) is 17.2 Å². The number of likely N-dealkylation sites (N-methyl/N-ethyl adjacent to an activating group) is 1. The normalized spacial score (nSPS) is 10.2. The lowest BCUT2D eigenvalue weighted by atomic mass is 10.1. The van der Waals surface area contributed by atoms with Gasteiger partial charge in [0.15, 0.2) is 0 Å². The summed E-state index contributed by atoms with van der Waals surface area (Å²) in [5.74, 6) is -3.15. The lowest BCUT2D eigenvalue weighted by Gasteiger charge is -2.21. The summed E-state index contributed by atoms with van der Waals surface area (Å²) in [4.78, 5) is 24.7. The lowest BCUT2D eigenvalue weighted by molar-refractivity contribution is -0.121. The van der Waals surface area contributed by atoms with Crippen LogP contribution in [0.3, 0.4) is 0 Å². The number of rotatable bonds is 5. The Morgan fingerprint density at radius 1 is 1.30 bits per heavy atom. The summed E-state index contributed by atoms with van der Waals surface area (Å²) >= 11 is 2.95. The Balaban J connectivity index is 3.09. The van der Waals surface area contributed by atoms with E-state index in [2.05, 4.69) is 21.2 Å². The molecule has 1 aromatic carbocycles. The minimum absolute atomic E-state index is 0.206. The molecule has 4 nitrogen and oxygen atoms in total. The number of halogens is 3. The van der Waals surface area contributed by atoms with Crippen LogP contribution in [0.4, 0.5) is 8.78 Å². The van der Waals surface area contributed by atoms with Crippen molar-refractivity contribution < 1.29 is 18.4 Å². The number of carbonyl (C=O) groups excluding carboxylic acids is 2. The average molecular weight is 349 g/mol. The number of nitrogens with one attached hydrogen (secondary N) is 1. The van der Waals surface area contributed by atoms with E-state index < -0.39 is 29.0 Å². The first-order chi connectivity index (χ1) is 9.40. The first kappa shape index (κ1) is 16.6. The van der Waals surface area contributed by atoms with Crippen molar-refractivity contribution in [2.45, 2.75) is 13.3 Å². The molecule has 0 aliphatic heterocycles. The molecule has 1 rings (SSSR count). The number of benzene rings is 1. The van der Waals surface area contributed by atoms with Crippen molar-refractivity contribution in [2.24, 2.45) is 0 Å². The molecule has 1 N–H and O–H groups in total. The van der Waals surface area contributed by atoms with Gasteiger partial charge in [-0.3, -0.25) is 9.59 Å². The highest BCUT2D eigenvalue weighted by Gasteiger charge is 2.24. The van der Waals surface area contributed by atoms with E-state index in [-0.39, 0.29) is 17.6 Å². The Kier molecular flexibility index (Phi) is 6.06. The zero-order chi connectivity index (χ0) is 15.3. The topological polar surface area (TPSA) is 49.4 Å². The summed E-state index contributed by atoms with van der Waals surface area (Å²) < 4.78 is 27.7. The molecule has 0 atom stereocenters. The Labute approximate surface area is 124 Å². The van der Waals surface area contributed by atoms with Crippen LogP contribution in [0, 0.1) is 11.6 Å². The van der Waals surface area contributed by atoms with E-state index in [4.69, 9.17) is 0 Å². The van der Waals surface area contributed by atoms with Gasteiger partial charge >= 0.3 is 0 Å². The largest absolute Gasteiger partial charge is 0.358 e. The number of hydrogen-bond acceptors (Lipinski definition) is 2. The van der Waals surface area contributed by atoms with Crippen molar-refractivity contribution in [3.05, 3.63) is 33.8 Å². The predicted molar refractivity (Wildman–Crippen MR) is 74.3 cm³/mol. The van der Waals surface area contributed by atoms with Crippen molar-refractivity contribution in [1.29, 1.82) is 0 Å². The maximum atomic E-state index is 13.8. The van der Waals surface area contributed by atoms with E-state index >= 15 is 0 Å². The lowest BCUT2D eigenvalue weighted by Crippen LogP contribution is -2.40. The molecular weight excluding hydrogens is 334 g/mol. The smallest absolute Gasteiger partial charge is 0.260 e. The zero-order valence-electron chi connectivity index (χ0n) is 11.2. The number of carbonyl (C=O) groups is 2. The van der Waals surface area contributed by atoms with Crippen LogP contribution >= 0.6 is 15.9 Å². The molecule has 1 aromatic rings. The third kappa shape index (κ3) is 4.00. The van der Waals surface area contributed by atoms with Crippen molar-refractivity contribution in [2.75, 3.05) is 20.1 Å². The first-order valence-corrected chi connectivity index (χ1v) is 6.84. The minimum atomic E-state index is -0.958. The second-order valence-electron chi connectivity index (χ2n) is 4.14. The summed E-state index contributed by atoms with van der Waals surface area (Å²) in [6.07, 6.45) is 0.572. The summed E-state index contributed by atoms with van der Waals surface area (Å²) in [5, 5.41) is 2.37. The third-order valence-corrected chi connectivity index (χ3v) is 3.07. The van der Waals surface area contributed by atoms with Gasteiger partial charge < -0.3 is 10.2 Å². The van der Waals surface area contributed by atoms with Gasteiger partial charge in [-0.05, 0) is 18.6 Å². The molecule has 110 valence electrons. The third-order valence-electron chi connectivity index (χ3n) is 2.61. The molecule has 0 unspecified atom stereocenters. The molecule has 0 bridgehead atoms. The van der Waals surface area contributed by atoms with Gasteiger partial charge in [-0.2, -0.15) is 0 Å². The summed E-state index contributed by atoms with van der Waals surface area (Å²) in [6.45, 7) is 1.80. The van der Waals surface area contributed by atoms with Crippen LogP contribution in [0.2, 0.25) is 0 Å². The van der Waals surface area contributed by atoms with Crippen LogP contribution in [0.1, 0.15) is 23.7 Å². The highest BCUT2D eigenvalue weighted by Crippen LogP contribution is 2.21. The first-order valence-electron chi connectivity index (χ1n) is 6.05. The standard InChI is InChI=1S/C13H15BrF2N2O2/c1-3-4-18(7-11(19)17-2)13(20)12-9(15)5-8(14)6-10(12)16/h5-6H,3-4,7H2,1-2H3,(H,17,19). The summed E-state index contributed by atoms with van der Waals surface area (Å²) in [5.41, 5.74) is -0.648. The summed E-state index contributed by atoms with van der Waals surface area (Å²) in [6, 6.07) is 2.03. The highest BCUT2D eigenvalue weighted by molar-refractivity contribution is 9.10.